The molecule has 1 heteroatoms. The fourth-order valence-electron chi connectivity index (χ4n) is 2.55. The van der Waals surface area contributed by atoms with Crippen molar-refractivity contribution in [3.63, 3.8) is 0 Å². The fourth-order valence-corrected chi connectivity index (χ4v) is 2.55. The SMILES string of the molecule is [CH2]CCCCCCCCCCCCCCCCC.[Cr]. The van der Waals surface area contributed by atoms with Crippen molar-refractivity contribution in [3.05, 3.63) is 6.92 Å². The van der Waals surface area contributed by atoms with Crippen LogP contribution >= 0.6 is 0 Å². The molecule has 0 saturated carbocycles. The van der Waals surface area contributed by atoms with E-state index in [4.69, 9.17) is 0 Å². The molecule has 0 saturated heterocycles. The van der Waals surface area contributed by atoms with Gasteiger partial charge in [0.05, 0.1) is 0 Å². The van der Waals surface area contributed by atoms with E-state index in [-0.39, 0.29) is 17.4 Å². The summed E-state index contributed by atoms with van der Waals surface area (Å²) in [5, 5.41) is 0. The van der Waals surface area contributed by atoms with Crippen LogP contribution in [0, 0.1) is 6.92 Å². The molecule has 0 rings (SSSR count). The van der Waals surface area contributed by atoms with Crippen molar-refractivity contribution in [3.8, 4) is 0 Å². The van der Waals surface area contributed by atoms with Gasteiger partial charge in [0.25, 0.3) is 0 Å². The predicted molar refractivity (Wildman–Crippen MR) is 84.9 cm³/mol. The van der Waals surface area contributed by atoms with Gasteiger partial charge in [-0.25, -0.2) is 0 Å². The summed E-state index contributed by atoms with van der Waals surface area (Å²) < 4.78 is 0. The summed E-state index contributed by atoms with van der Waals surface area (Å²) in [6.45, 7) is 6.18. The Hall–Kier alpha value is 0.532. The minimum atomic E-state index is 0. The van der Waals surface area contributed by atoms with Gasteiger partial charge in [0.1, 0.15) is 0 Å². The van der Waals surface area contributed by atoms with E-state index in [9.17, 15) is 0 Å². The summed E-state index contributed by atoms with van der Waals surface area (Å²) in [6.07, 6.45) is 22.8. The zero-order valence-corrected chi connectivity index (χ0v) is 14.7. The Kier molecular flexibility index (Phi) is 23.9. The zero-order chi connectivity index (χ0) is 13.3. The molecule has 0 unspecified atom stereocenters. The van der Waals surface area contributed by atoms with Crippen LogP contribution in [0.25, 0.3) is 0 Å². The average molecular weight is 305 g/mol. The summed E-state index contributed by atoms with van der Waals surface area (Å²) in [7, 11) is 0. The van der Waals surface area contributed by atoms with E-state index in [2.05, 4.69) is 13.8 Å². The fraction of sp³-hybridized carbons (Fsp3) is 0.944. The van der Waals surface area contributed by atoms with Crippen LogP contribution < -0.4 is 0 Å². The van der Waals surface area contributed by atoms with E-state index in [1.165, 1.54) is 96.3 Å². The number of unbranched alkanes of at least 4 members (excludes halogenated alkanes) is 15. The molecule has 0 bridgehead atoms. The first kappa shape index (κ1) is 21.8. The first-order valence-corrected chi connectivity index (χ1v) is 8.71. The third-order valence-corrected chi connectivity index (χ3v) is 3.85. The Morgan fingerprint density at radius 3 is 1.00 bits per heavy atom. The molecule has 0 nitrogen and oxygen atoms in total. The van der Waals surface area contributed by atoms with Gasteiger partial charge in [-0.05, 0) is 0 Å². The standard InChI is InChI=1S/C18H37.Cr/c1-3-5-7-9-11-13-15-17-18-16-14-12-10-8-6-4-2;/h1,3-18H2,2H3;. The normalized spacial score (nSPS) is 10.4. The summed E-state index contributed by atoms with van der Waals surface area (Å²) in [5.74, 6) is 0. The van der Waals surface area contributed by atoms with Crippen LogP contribution in [-0.2, 0) is 17.4 Å². The van der Waals surface area contributed by atoms with E-state index in [1.54, 1.807) is 0 Å². The molecule has 115 valence electrons. The molecule has 0 aromatic heterocycles. The molecular formula is C18H37Cr. The van der Waals surface area contributed by atoms with Crippen LogP contribution in [0.3, 0.4) is 0 Å². The quantitative estimate of drug-likeness (QED) is 0.284. The van der Waals surface area contributed by atoms with E-state index in [0.29, 0.717) is 0 Å². The second-order valence-corrected chi connectivity index (χ2v) is 5.80. The minimum absolute atomic E-state index is 0. The van der Waals surface area contributed by atoms with Crippen LogP contribution in [0.5, 0.6) is 0 Å². The summed E-state index contributed by atoms with van der Waals surface area (Å²) in [5.41, 5.74) is 0. The average Bonchev–Trinajstić information content (AvgIpc) is 2.39. The molecular weight excluding hydrogens is 268 g/mol. The molecule has 0 aliphatic rings. The maximum Gasteiger partial charge on any atom is 0 e. The first-order chi connectivity index (χ1) is 8.91. The van der Waals surface area contributed by atoms with E-state index in [0.717, 1.165) is 6.42 Å². The maximum atomic E-state index is 3.88. The molecule has 0 atom stereocenters. The molecule has 0 aromatic carbocycles. The summed E-state index contributed by atoms with van der Waals surface area (Å²) in [4.78, 5) is 0. The summed E-state index contributed by atoms with van der Waals surface area (Å²) in [6, 6.07) is 0. The Bertz CT molecular complexity index is 118. The molecule has 1 radical (unpaired) electrons. The zero-order valence-electron chi connectivity index (χ0n) is 13.4. The Labute approximate surface area is 134 Å². The Balaban J connectivity index is 0. The minimum Gasteiger partial charge on any atom is -0.0654 e. The molecule has 0 aliphatic heterocycles. The van der Waals surface area contributed by atoms with Crippen molar-refractivity contribution in [2.24, 2.45) is 0 Å². The van der Waals surface area contributed by atoms with Crippen molar-refractivity contribution >= 4 is 0 Å². The topological polar surface area (TPSA) is 0 Å². The van der Waals surface area contributed by atoms with Crippen molar-refractivity contribution in [1.82, 2.24) is 0 Å². The van der Waals surface area contributed by atoms with Crippen LogP contribution in [0.1, 0.15) is 110 Å². The molecule has 0 aliphatic carbocycles. The van der Waals surface area contributed by atoms with Gasteiger partial charge in [0.15, 0.2) is 0 Å². The van der Waals surface area contributed by atoms with Gasteiger partial charge in [-0.1, -0.05) is 117 Å². The number of hydrogen-bond donors (Lipinski definition) is 0. The van der Waals surface area contributed by atoms with E-state index >= 15 is 0 Å². The van der Waals surface area contributed by atoms with Crippen molar-refractivity contribution < 1.29 is 17.4 Å². The third-order valence-electron chi connectivity index (χ3n) is 3.85. The van der Waals surface area contributed by atoms with Gasteiger partial charge in [0.2, 0.25) is 0 Å². The molecule has 0 aromatic rings. The van der Waals surface area contributed by atoms with E-state index < -0.39 is 0 Å². The molecule has 0 amide bonds. The first-order valence-electron chi connectivity index (χ1n) is 8.71. The Morgan fingerprint density at radius 1 is 0.474 bits per heavy atom. The van der Waals surface area contributed by atoms with Crippen molar-refractivity contribution in [2.45, 2.75) is 110 Å². The van der Waals surface area contributed by atoms with Gasteiger partial charge in [-0.2, -0.15) is 0 Å². The Morgan fingerprint density at radius 2 is 0.737 bits per heavy atom. The van der Waals surface area contributed by atoms with Gasteiger partial charge in [0, 0.05) is 17.4 Å². The van der Waals surface area contributed by atoms with Crippen LogP contribution in [0.4, 0.5) is 0 Å². The van der Waals surface area contributed by atoms with Crippen LogP contribution in [0.15, 0.2) is 0 Å². The second kappa shape index (κ2) is 20.8. The molecule has 0 N–H and O–H groups in total. The molecule has 0 fully saturated rings. The molecule has 0 heterocycles. The van der Waals surface area contributed by atoms with Crippen LogP contribution in [-0.4, -0.2) is 0 Å². The second-order valence-electron chi connectivity index (χ2n) is 5.80. The largest absolute Gasteiger partial charge is 0.0654 e. The van der Waals surface area contributed by atoms with Gasteiger partial charge >= 0.3 is 0 Å². The number of rotatable bonds is 15. The molecule has 19 heavy (non-hydrogen) atoms. The predicted octanol–water partition coefficient (Wildman–Crippen LogP) is 7.08. The smallest absolute Gasteiger partial charge is 0 e. The van der Waals surface area contributed by atoms with Crippen molar-refractivity contribution in [2.75, 3.05) is 0 Å². The van der Waals surface area contributed by atoms with Crippen molar-refractivity contribution in [1.29, 1.82) is 0 Å². The molecule has 0 spiro atoms. The van der Waals surface area contributed by atoms with E-state index in [1.807, 2.05) is 0 Å². The number of hydrogen-bond acceptors (Lipinski definition) is 0. The monoisotopic (exact) mass is 305 g/mol. The van der Waals surface area contributed by atoms with Gasteiger partial charge in [-0.3, -0.25) is 0 Å². The van der Waals surface area contributed by atoms with Gasteiger partial charge < -0.3 is 0 Å². The maximum absolute atomic E-state index is 3.88. The summed E-state index contributed by atoms with van der Waals surface area (Å²) >= 11 is 0. The van der Waals surface area contributed by atoms with Crippen LogP contribution in [0.2, 0.25) is 0 Å². The third kappa shape index (κ3) is 21.0. The van der Waals surface area contributed by atoms with Gasteiger partial charge in [-0.15, -0.1) is 0 Å².